The number of rotatable bonds is 4. The highest BCUT2D eigenvalue weighted by Gasteiger charge is 2.25. The molecule has 4 nitrogen and oxygen atoms in total. The Balaban J connectivity index is 1.87. The smallest absolute Gasteiger partial charge is 0.222 e. The first kappa shape index (κ1) is 11.3. The van der Waals surface area contributed by atoms with E-state index < -0.39 is 0 Å². The molecule has 2 rings (SSSR count). The van der Waals surface area contributed by atoms with Gasteiger partial charge in [-0.15, -0.1) is 0 Å². The number of aromatic nitrogens is 2. The van der Waals surface area contributed by atoms with Crippen LogP contribution in [-0.2, 0) is 0 Å². The van der Waals surface area contributed by atoms with E-state index in [1.807, 2.05) is 13.0 Å². The van der Waals surface area contributed by atoms with Gasteiger partial charge >= 0.3 is 0 Å². The normalized spacial score (nSPS) is 24.6. The molecule has 2 unspecified atom stereocenters. The summed E-state index contributed by atoms with van der Waals surface area (Å²) in [6.07, 6.45) is 5.65. The van der Waals surface area contributed by atoms with Crippen molar-refractivity contribution in [2.45, 2.75) is 26.2 Å². The zero-order valence-electron chi connectivity index (χ0n) is 9.82. The van der Waals surface area contributed by atoms with Crippen LogP contribution in [0.1, 0.15) is 25.0 Å². The van der Waals surface area contributed by atoms with Crippen LogP contribution in [0.2, 0.25) is 0 Å². The van der Waals surface area contributed by atoms with Crippen molar-refractivity contribution in [3.63, 3.8) is 0 Å². The SMILES string of the molecule is Cc1ccnc(NCC2CCCC2CN)n1. The highest BCUT2D eigenvalue weighted by Crippen LogP contribution is 2.30. The van der Waals surface area contributed by atoms with Crippen LogP contribution in [0.5, 0.6) is 0 Å². The Kier molecular flexibility index (Phi) is 3.72. The lowest BCUT2D eigenvalue weighted by Crippen LogP contribution is -2.24. The van der Waals surface area contributed by atoms with Crippen molar-refractivity contribution in [3.8, 4) is 0 Å². The Hall–Kier alpha value is -1.16. The molecule has 1 heterocycles. The molecule has 16 heavy (non-hydrogen) atoms. The predicted octanol–water partition coefficient (Wildman–Crippen LogP) is 1.57. The van der Waals surface area contributed by atoms with Gasteiger partial charge in [0.05, 0.1) is 0 Å². The molecule has 0 spiro atoms. The lowest BCUT2D eigenvalue weighted by molar-refractivity contribution is 0.414. The van der Waals surface area contributed by atoms with E-state index in [1.54, 1.807) is 6.20 Å². The second-order valence-corrected chi connectivity index (χ2v) is 4.59. The molecule has 88 valence electrons. The first-order valence-electron chi connectivity index (χ1n) is 6.03. The number of hydrogen-bond donors (Lipinski definition) is 2. The number of nitrogens with one attached hydrogen (secondary N) is 1. The van der Waals surface area contributed by atoms with Crippen LogP contribution in [0.15, 0.2) is 12.3 Å². The zero-order chi connectivity index (χ0) is 11.4. The molecule has 0 amide bonds. The molecule has 0 aliphatic heterocycles. The number of anilines is 1. The average molecular weight is 220 g/mol. The predicted molar refractivity (Wildman–Crippen MR) is 65.1 cm³/mol. The standard InChI is InChI=1S/C12H20N4/c1-9-5-6-14-12(16-9)15-8-11-4-2-3-10(11)7-13/h5-6,10-11H,2-4,7-8,13H2,1H3,(H,14,15,16). The molecule has 0 aromatic carbocycles. The molecule has 1 aromatic rings. The van der Waals surface area contributed by atoms with E-state index in [0.29, 0.717) is 11.8 Å². The second-order valence-electron chi connectivity index (χ2n) is 4.59. The number of nitrogens with zero attached hydrogens (tertiary/aromatic N) is 2. The van der Waals surface area contributed by atoms with Crippen LogP contribution < -0.4 is 11.1 Å². The topological polar surface area (TPSA) is 63.8 Å². The molecule has 4 heteroatoms. The molecule has 3 N–H and O–H groups in total. The van der Waals surface area contributed by atoms with Crippen molar-refractivity contribution in [3.05, 3.63) is 18.0 Å². The minimum atomic E-state index is 0.678. The third kappa shape index (κ3) is 2.70. The van der Waals surface area contributed by atoms with Crippen LogP contribution in [0.3, 0.4) is 0 Å². The molecule has 1 saturated carbocycles. The van der Waals surface area contributed by atoms with Crippen LogP contribution >= 0.6 is 0 Å². The van der Waals surface area contributed by atoms with Gasteiger partial charge in [0.1, 0.15) is 0 Å². The fourth-order valence-electron chi connectivity index (χ4n) is 2.45. The molecular weight excluding hydrogens is 200 g/mol. The van der Waals surface area contributed by atoms with Crippen molar-refractivity contribution in [2.24, 2.45) is 17.6 Å². The van der Waals surface area contributed by atoms with E-state index in [-0.39, 0.29) is 0 Å². The van der Waals surface area contributed by atoms with Crippen molar-refractivity contribution in [1.29, 1.82) is 0 Å². The Bertz CT molecular complexity index is 340. The molecule has 0 saturated heterocycles. The molecule has 0 radical (unpaired) electrons. The average Bonchev–Trinajstić information content (AvgIpc) is 2.74. The van der Waals surface area contributed by atoms with E-state index in [1.165, 1.54) is 19.3 Å². The summed E-state index contributed by atoms with van der Waals surface area (Å²) in [5.41, 5.74) is 6.76. The lowest BCUT2D eigenvalue weighted by Gasteiger charge is -2.18. The monoisotopic (exact) mass is 220 g/mol. The number of hydrogen-bond acceptors (Lipinski definition) is 4. The highest BCUT2D eigenvalue weighted by molar-refractivity contribution is 5.24. The summed E-state index contributed by atoms with van der Waals surface area (Å²) in [5.74, 6) is 2.11. The van der Waals surface area contributed by atoms with E-state index >= 15 is 0 Å². The van der Waals surface area contributed by atoms with Gasteiger partial charge in [0, 0.05) is 18.4 Å². The van der Waals surface area contributed by atoms with E-state index in [4.69, 9.17) is 5.73 Å². The Morgan fingerprint density at radius 2 is 2.25 bits per heavy atom. The highest BCUT2D eigenvalue weighted by atomic mass is 15.1. The minimum Gasteiger partial charge on any atom is -0.354 e. The summed E-state index contributed by atoms with van der Waals surface area (Å²) in [6, 6.07) is 1.91. The number of nitrogens with two attached hydrogens (primary N) is 1. The molecule has 1 aliphatic rings. The van der Waals surface area contributed by atoms with Gasteiger partial charge in [0.2, 0.25) is 5.95 Å². The van der Waals surface area contributed by atoms with Crippen LogP contribution in [0.4, 0.5) is 5.95 Å². The minimum absolute atomic E-state index is 0.678. The summed E-state index contributed by atoms with van der Waals surface area (Å²) >= 11 is 0. The largest absolute Gasteiger partial charge is 0.354 e. The Morgan fingerprint density at radius 3 is 3.00 bits per heavy atom. The van der Waals surface area contributed by atoms with Gasteiger partial charge in [0.15, 0.2) is 0 Å². The molecule has 1 aromatic heterocycles. The second kappa shape index (κ2) is 5.25. The lowest BCUT2D eigenvalue weighted by atomic mass is 9.96. The Morgan fingerprint density at radius 1 is 1.44 bits per heavy atom. The molecule has 1 aliphatic carbocycles. The van der Waals surface area contributed by atoms with Crippen LogP contribution in [0, 0.1) is 18.8 Å². The maximum atomic E-state index is 5.76. The van der Waals surface area contributed by atoms with E-state index in [2.05, 4.69) is 15.3 Å². The fourth-order valence-corrected chi connectivity index (χ4v) is 2.45. The van der Waals surface area contributed by atoms with Crippen molar-refractivity contribution in [1.82, 2.24) is 9.97 Å². The zero-order valence-corrected chi connectivity index (χ0v) is 9.82. The molecule has 1 fully saturated rings. The fraction of sp³-hybridized carbons (Fsp3) is 0.667. The van der Waals surface area contributed by atoms with Gasteiger partial charge in [-0.3, -0.25) is 0 Å². The molecule has 2 atom stereocenters. The molecular formula is C12H20N4. The van der Waals surface area contributed by atoms with Gasteiger partial charge in [-0.1, -0.05) is 6.42 Å². The van der Waals surface area contributed by atoms with Crippen molar-refractivity contribution >= 4 is 5.95 Å². The van der Waals surface area contributed by atoms with Gasteiger partial charge in [-0.25, -0.2) is 9.97 Å². The van der Waals surface area contributed by atoms with Gasteiger partial charge in [0.25, 0.3) is 0 Å². The van der Waals surface area contributed by atoms with Gasteiger partial charge in [-0.2, -0.15) is 0 Å². The maximum Gasteiger partial charge on any atom is 0.222 e. The third-order valence-electron chi connectivity index (χ3n) is 3.44. The Labute approximate surface area is 96.7 Å². The summed E-state index contributed by atoms with van der Waals surface area (Å²) < 4.78 is 0. The third-order valence-corrected chi connectivity index (χ3v) is 3.44. The van der Waals surface area contributed by atoms with Gasteiger partial charge in [-0.05, 0) is 44.2 Å². The van der Waals surface area contributed by atoms with E-state index in [9.17, 15) is 0 Å². The maximum absolute atomic E-state index is 5.76. The summed E-state index contributed by atoms with van der Waals surface area (Å²) in [7, 11) is 0. The summed E-state index contributed by atoms with van der Waals surface area (Å²) in [6.45, 7) is 3.73. The first-order chi connectivity index (χ1) is 7.79. The van der Waals surface area contributed by atoms with Crippen LogP contribution in [0.25, 0.3) is 0 Å². The van der Waals surface area contributed by atoms with Gasteiger partial charge < -0.3 is 11.1 Å². The van der Waals surface area contributed by atoms with Crippen molar-refractivity contribution in [2.75, 3.05) is 18.4 Å². The first-order valence-corrected chi connectivity index (χ1v) is 6.03. The van der Waals surface area contributed by atoms with E-state index in [0.717, 1.165) is 24.7 Å². The van der Waals surface area contributed by atoms with Crippen molar-refractivity contribution < 1.29 is 0 Å². The summed E-state index contributed by atoms with van der Waals surface area (Å²) in [5, 5.41) is 3.31. The number of aryl methyl sites for hydroxylation is 1. The van der Waals surface area contributed by atoms with Crippen LogP contribution in [-0.4, -0.2) is 23.1 Å². The summed E-state index contributed by atoms with van der Waals surface area (Å²) in [4.78, 5) is 8.53. The molecule has 0 bridgehead atoms. The quantitative estimate of drug-likeness (QED) is 0.808.